The number of aryl methyl sites for hydroxylation is 2. The van der Waals surface area contributed by atoms with E-state index in [0.717, 1.165) is 56.6 Å². The largest absolute Gasteiger partial charge is 0.396 e. The SMILES string of the molecule is N#Cc1cc2c(nc1NCC1(CCO)CC1)CCC2. The summed E-state index contributed by atoms with van der Waals surface area (Å²) in [5, 5.41) is 21.6. The predicted molar refractivity (Wildman–Crippen MR) is 72.8 cm³/mol. The smallest absolute Gasteiger partial charge is 0.144 e. The summed E-state index contributed by atoms with van der Waals surface area (Å²) < 4.78 is 0. The van der Waals surface area contributed by atoms with E-state index in [9.17, 15) is 5.26 Å². The van der Waals surface area contributed by atoms with E-state index in [2.05, 4.69) is 16.4 Å². The molecule has 1 saturated carbocycles. The molecule has 2 N–H and O–H groups in total. The average molecular weight is 257 g/mol. The molecule has 0 aliphatic heterocycles. The second-order valence-electron chi connectivity index (χ2n) is 5.78. The Bertz CT molecular complexity index is 529. The maximum Gasteiger partial charge on any atom is 0.144 e. The maximum atomic E-state index is 9.23. The van der Waals surface area contributed by atoms with Gasteiger partial charge in [0.25, 0.3) is 0 Å². The van der Waals surface area contributed by atoms with Gasteiger partial charge in [0, 0.05) is 18.8 Å². The van der Waals surface area contributed by atoms with Gasteiger partial charge in [-0.2, -0.15) is 5.26 Å². The van der Waals surface area contributed by atoms with E-state index < -0.39 is 0 Å². The Morgan fingerprint density at radius 1 is 1.42 bits per heavy atom. The van der Waals surface area contributed by atoms with Crippen LogP contribution in [0.25, 0.3) is 0 Å². The number of nitrogens with one attached hydrogen (secondary N) is 1. The van der Waals surface area contributed by atoms with Crippen molar-refractivity contribution in [3.05, 3.63) is 22.9 Å². The highest BCUT2D eigenvalue weighted by atomic mass is 16.3. The minimum atomic E-state index is 0.238. The lowest BCUT2D eigenvalue weighted by Crippen LogP contribution is -2.18. The fourth-order valence-electron chi connectivity index (χ4n) is 2.89. The van der Waals surface area contributed by atoms with Gasteiger partial charge in [0.1, 0.15) is 11.9 Å². The van der Waals surface area contributed by atoms with Gasteiger partial charge in [0.05, 0.1) is 5.56 Å². The summed E-state index contributed by atoms with van der Waals surface area (Å²) in [6.07, 6.45) is 6.38. The highest BCUT2D eigenvalue weighted by Crippen LogP contribution is 2.48. The number of hydrogen-bond donors (Lipinski definition) is 2. The van der Waals surface area contributed by atoms with Crippen LogP contribution in [0.5, 0.6) is 0 Å². The lowest BCUT2D eigenvalue weighted by atomic mass is 10.0. The summed E-state index contributed by atoms with van der Waals surface area (Å²) in [4.78, 5) is 4.62. The summed E-state index contributed by atoms with van der Waals surface area (Å²) in [5.74, 6) is 0.729. The first kappa shape index (κ1) is 12.4. The summed E-state index contributed by atoms with van der Waals surface area (Å²) in [7, 11) is 0. The van der Waals surface area contributed by atoms with Crippen LogP contribution in [0.15, 0.2) is 6.07 Å². The van der Waals surface area contributed by atoms with Crippen molar-refractivity contribution in [2.24, 2.45) is 5.41 Å². The molecule has 2 aliphatic carbocycles. The van der Waals surface area contributed by atoms with E-state index in [1.165, 1.54) is 5.56 Å². The van der Waals surface area contributed by atoms with E-state index in [4.69, 9.17) is 5.11 Å². The van der Waals surface area contributed by atoms with Crippen molar-refractivity contribution in [3.8, 4) is 6.07 Å². The normalized spacial score (nSPS) is 18.7. The maximum absolute atomic E-state index is 9.23. The number of anilines is 1. The molecule has 1 heterocycles. The Hall–Kier alpha value is -1.60. The van der Waals surface area contributed by atoms with Gasteiger partial charge in [0.15, 0.2) is 0 Å². The Labute approximate surface area is 113 Å². The molecule has 0 atom stereocenters. The van der Waals surface area contributed by atoms with Gasteiger partial charge >= 0.3 is 0 Å². The molecule has 0 unspecified atom stereocenters. The molecule has 1 aromatic rings. The molecule has 2 aliphatic rings. The van der Waals surface area contributed by atoms with Gasteiger partial charge in [-0.05, 0) is 55.6 Å². The highest BCUT2D eigenvalue weighted by Gasteiger charge is 2.41. The van der Waals surface area contributed by atoms with Gasteiger partial charge in [-0.15, -0.1) is 0 Å². The second-order valence-corrected chi connectivity index (χ2v) is 5.78. The molecule has 19 heavy (non-hydrogen) atoms. The van der Waals surface area contributed by atoms with Crippen LogP contribution in [0, 0.1) is 16.7 Å². The number of aliphatic hydroxyl groups excluding tert-OH is 1. The van der Waals surface area contributed by atoms with E-state index in [1.807, 2.05) is 6.07 Å². The topological polar surface area (TPSA) is 68.9 Å². The summed E-state index contributed by atoms with van der Waals surface area (Å²) in [6.45, 7) is 1.05. The van der Waals surface area contributed by atoms with Gasteiger partial charge in [-0.1, -0.05) is 0 Å². The van der Waals surface area contributed by atoms with E-state index in [-0.39, 0.29) is 12.0 Å². The molecule has 4 nitrogen and oxygen atoms in total. The number of hydrogen-bond acceptors (Lipinski definition) is 4. The molecular formula is C15H19N3O. The van der Waals surface area contributed by atoms with Crippen molar-refractivity contribution in [1.29, 1.82) is 5.26 Å². The van der Waals surface area contributed by atoms with Crippen molar-refractivity contribution in [1.82, 2.24) is 4.98 Å². The van der Waals surface area contributed by atoms with Crippen LogP contribution in [-0.4, -0.2) is 23.2 Å². The quantitative estimate of drug-likeness (QED) is 0.846. The minimum absolute atomic E-state index is 0.238. The van der Waals surface area contributed by atoms with Gasteiger partial charge in [-0.25, -0.2) is 4.98 Å². The van der Waals surface area contributed by atoms with Gasteiger partial charge < -0.3 is 10.4 Å². The standard InChI is InChI=1S/C15H19N3O/c16-9-12-8-11-2-1-3-13(11)18-14(12)17-10-15(4-5-15)6-7-19/h8,19H,1-7,10H2,(H,17,18). The summed E-state index contributed by atoms with van der Waals surface area (Å²) in [6, 6.07) is 4.23. The molecule has 0 amide bonds. The third-order valence-corrected chi connectivity index (χ3v) is 4.40. The van der Waals surface area contributed by atoms with Crippen LogP contribution in [-0.2, 0) is 12.8 Å². The predicted octanol–water partition coefficient (Wildman–Crippen LogP) is 2.02. The number of aliphatic hydroxyl groups is 1. The molecule has 0 aromatic carbocycles. The Morgan fingerprint density at radius 3 is 2.95 bits per heavy atom. The number of nitrogens with zero attached hydrogens (tertiary/aromatic N) is 2. The van der Waals surface area contributed by atoms with Crippen LogP contribution in [0.3, 0.4) is 0 Å². The average Bonchev–Trinajstić information content (AvgIpc) is 3.03. The molecule has 1 fully saturated rings. The van der Waals surface area contributed by atoms with Crippen LogP contribution >= 0.6 is 0 Å². The van der Waals surface area contributed by atoms with Crippen LogP contribution in [0.4, 0.5) is 5.82 Å². The third-order valence-electron chi connectivity index (χ3n) is 4.40. The van der Waals surface area contributed by atoms with Crippen molar-refractivity contribution in [2.45, 2.75) is 38.5 Å². The lowest BCUT2D eigenvalue weighted by Gasteiger charge is -2.16. The van der Waals surface area contributed by atoms with E-state index in [1.54, 1.807) is 0 Å². The van der Waals surface area contributed by atoms with Crippen molar-refractivity contribution in [2.75, 3.05) is 18.5 Å². The molecule has 100 valence electrons. The number of rotatable bonds is 5. The molecule has 4 heteroatoms. The van der Waals surface area contributed by atoms with Crippen LogP contribution in [0.2, 0.25) is 0 Å². The first-order valence-corrected chi connectivity index (χ1v) is 7.04. The zero-order valence-corrected chi connectivity index (χ0v) is 11.1. The number of aromatic nitrogens is 1. The molecule has 0 bridgehead atoms. The van der Waals surface area contributed by atoms with Crippen LogP contribution in [0.1, 0.15) is 42.5 Å². The fourth-order valence-corrected chi connectivity index (χ4v) is 2.89. The van der Waals surface area contributed by atoms with Gasteiger partial charge in [-0.3, -0.25) is 0 Å². The number of fused-ring (bicyclic) bond motifs is 1. The van der Waals surface area contributed by atoms with E-state index in [0.29, 0.717) is 5.56 Å². The first-order chi connectivity index (χ1) is 9.26. The first-order valence-electron chi connectivity index (χ1n) is 7.04. The zero-order chi connectivity index (χ0) is 13.3. The molecule has 0 spiro atoms. The lowest BCUT2D eigenvalue weighted by molar-refractivity contribution is 0.253. The second kappa shape index (κ2) is 4.82. The van der Waals surface area contributed by atoms with E-state index >= 15 is 0 Å². The van der Waals surface area contributed by atoms with Crippen LogP contribution < -0.4 is 5.32 Å². The Kier molecular flexibility index (Phi) is 3.16. The highest BCUT2D eigenvalue weighted by molar-refractivity contribution is 5.55. The molecule has 1 aromatic heterocycles. The Morgan fingerprint density at radius 2 is 2.26 bits per heavy atom. The van der Waals surface area contributed by atoms with Crippen molar-refractivity contribution >= 4 is 5.82 Å². The number of nitriles is 1. The molecule has 3 rings (SSSR count). The molecular weight excluding hydrogens is 238 g/mol. The molecule has 0 radical (unpaired) electrons. The fraction of sp³-hybridized carbons (Fsp3) is 0.600. The zero-order valence-electron chi connectivity index (χ0n) is 11.1. The third kappa shape index (κ3) is 2.43. The molecule has 0 saturated heterocycles. The monoisotopic (exact) mass is 257 g/mol. The minimum Gasteiger partial charge on any atom is -0.396 e. The summed E-state index contributed by atoms with van der Waals surface area (Å²) >= 11 is 0. The van der Waals surface area contributed by atoms with Crippen molar-refractivity contribution in [3.63, 3.8) is 0 Å². The summed E-state index contributed by atoms with van der Waals surface area (Å²) in [5.41, 5.74) is 3.27. The number of pyridine rings is 1. The van der Waals surface area contributed by atoms with Gasteiger partial charge in [0.2, 0.25) is 0 Å². The van der Waals surface area contributed by atoms with Crippen molar-refractivity contribution < 1.29 is 5.11 Å². The Balaban J connectivity index is 1.76.